The molecule has 21 heavy (non-hydrogen) atoms. The Morgan fingerprint density at radius 1 is 1.33 bits per heavy atom. The molecule has 0 bridgehead atoms. The molecule has 1 aromatic carbocycles. The first-order chi connectivity index (χ1) is 10.0. The summed E-state index contributed by atoms with van der Waals surface area (Å²) < 4.78 is 2.91. The molecule has 0 aliphatic carbocycles. The van der Waals surface area contributed by atoms with Gasteiger partial charge < -0.3 is 9.88 Å². The SMILES string of the molecule is CCCn1cc(Br)cc1C(=O)Nc1ccccc1C(C)C. The Labute approximate surface area is 134 Å². The summed E-state index contributed by atoms with van der Waals surface area (Å²) in [6.45, 7) is 7.19. The van der Waals surface area contributed by atoms with Gasteiger partial charge in [-0.25, -0.2) is 0 Å². The maximum Gasteiger partial charge on any atom is 0.272 e. The first-order valence-electron chi connectivity index (χ1n) is 7.28. The van der Waals surface area contributed by atoms with E-state index in [0.29, 0.717) is 11.6 Å². The normalized spacial score (nSPS) is 10.9. The number of carbonyl (C=O) groups excluding carboxylic acids is 1. The zero-order chi connectivity index (χ0) is 15.4. The van der Waals surface area contributed by atoms with Gasteiger partial charge in [-0.3, -0.25) is 4.79 Å². The standard InChI is InChI=1S/C17H21BrN2O/c1-4-9-20-11-13(18)10-16(20)17(21)19-15-8-6-5-7-14(15)12(2)3/h5-8,10-12H,4,9H2,1-3H3,(H,19,21). The summed E-state index contributed by atoms with van der Waals surface area (Å²) in [5.74, 6) is 0.304. The number of halogens is 1. The molecule has 2 aromatic rings. The number of para-hydroxylation sites is 1. The van der Waals surface area contributed by atoms with Gasteiger partial charge in [0, 0.05) is 22.9 Å². The number of nitrogens with one attached hydrogen (secondary N) is 1. The van der Waals surface area contributed by atoms with Crippen LogP contribution in [0.15, 0.2) is 41.0 Å². The predicted octanol–water partition coefficient (Wildman–Crippen LogP) is 5.04. The maximum atomic E-state index is 12.5. The van der Waals surface area contributed by atoms with Crippen LogP contribution in [0.4, 0.5) is 5.69 Å². The van der Waals surface area contributed by atoms with Crippen molar-refractivity contribution < 1.29 is 4.79 Å². The average molecular weight is 349 g/mol. The summed E-state index contributed by atoms with van der Waals surface area (Å²) in [7, 11) is 0. The Balaban J connectivity index is 2.26. The first kappa shape index (κ1) is 15.8. The second kappa shape index (κ2) is 6.94. The van der Waals surface area contributed by atoms with Crippen LogP contribution < -0.4 is 5.32 Å². The van der Waals surface area contributed by atoms with Crippen LogP contribution in [0.25, 0.3) is 0 Å². The third-order valence-corrected chi connectivity index (χ3v) is 3.83. The molecule has 0 radical (unpaired) electrons. The van der Waals surface area contributed by atoms with Crippen LogP contribution in [0.1, 0.15) is 49.2 Å². The van der Waals surface area contributed by atoms with Crippen molar-refractivity contribution in [2.24, 2.45) is 0 Å². The van der Waals surface area contributed by atoms with E-state index in [-0.39, 0.29) is 5.91 Å². The second-order valence-corrected chi connectivity index (χ2v) is 6.35. The zero-order valence-corrected chi connectivity index (χ0v) is 14.3. The summed E-state index contributed by atoms with van der Waals surface area (Å²) in [5, 5.41) is 3.04. The highest BCUT2D eigenvalue weighted by Gasteiger charge is 2.15. The van der Waals surface area contributed by atoms with Crippen LogP contribution in [0.3, 0.4) is 0 Å². The van der Waals surface area contributed by atoms with Crippen LogP contribution in [0.5, 0.6) is 0 Å². The number of rotatable bonds is 5. The number of hydrogen-bond acceptors (Lipinski definition) is 1. The largest absolute Gasteiger partial charge is 0.342 e. The molecule has 2 rings (SSSR count). The number of hydrogen-bond donors (Lipinski definition) is 1. The van der Waals surface area contributed by atoms with E-state index in [9.17, 15) is 4.79 Å². The molecule has 0 unspecified atom stereocenters. The number of aromatic nitrogens is 1. The van der Waals surface area contributed by atoms with Gasteiger partial charge in [0.1, 0.15) is 5.69 Å². The number of nitrogens with zero attached hydrogens (tertiary/aromatic N) is 1. The van der Waals surface area contributed by atoms with Crippen LogP contribution >= 0.6 is 15.9 Å². The van der Waals surface area contributed by atoms with Crippen molar-refractivity contribution in [3.05, 3.63) is 52.3 Å². The van der Waals surface area contributed by atoms with E-state index in [4.69, 9.17) is 0 Å². The number of anilines is 1. The summed E-state index contributed by atoms with van der Waals surface area (Å²) in [5.41, 5.74) is 2.72. The highest BCUT2D eigenvalue weighted by atomic mass is 79.9. The summed E-state index contributed by atoms with van der Waals surface area (Å²) in [6.07, 6.45) is 2.94. The van der Waals surface area contributed by atoms with Gasteiger partial charge in [0.15, 0.2) is 0 Å². The molecular weight excluding hydrogens is 328 g/mol. The maximum absolute atomic E-state index is 12.5. The van der Waals surface area contributed by atoms with Crippen molar-refractivity contribution in [2.75, 3.05) is 5.32 Å². The quantitative estimate of drug-likeness (QED) is 0.807. The summed E-state index contributed by atoms with van der Waals surface area (Å²) >= 11 is 3.44. The molecular formula is C17H21BrN2O. The van der Waals surface area contributed by atoms with Crippen molar-refractivity contribution in [2.45, 2.75) is 39.7 Å². The summed E-state index contributed by atoms with van der Waals surface area (Å²) in [4.78, 5) is 12.5. The fourth-order valence-corrected chi connectivity index (χ4v) is 2.86. The monoisotopic (exact) mass is 348 g/mol. The minimum atomic E-state index is -0.0674. The third-order valence-electron chi connectivity index (χ3n) is 3.39. The Kier molecular flexibility index (Phi) is 5.23. The molecule has 3 nitrogen and oxygen atoms in total. The smallest absolute Gasteiger partial charge is 0.272 e. The molecule has 0 aliphatic rings. The lowest BCUT2D eigenvalue weighted by Crippen LogP contribution is -2.17. The van der Waals surface area contributed by atoms with Gasteiger partial charge in [-0.1, -0.05) is 39.0 Å². The van der Waals surface area contributed by atoms with Crippen LogP contribution in [-0.2, 0) is 6.54 Å². The van der Waals surface area contributed by atoms with Gasteiger partial charge in [-0.2, -0.15) is 0 Å². The Hall–Kier alpha value is -1.55. The Bertz CT molecular complexity index is 631. The molecule has 0 saturated carbocycles. The summed E-state index contributed by atoms with van der Waals surface area (Å²) in [6, 6.07) is 9.82. The lowest BCUT2D eigenvalue weighted by molar-refractivity contribution is 0.101. The fraction of sp³-hybridized carbons (Fsp3) is 0.353. The molecule has 0 aliphatic heterocycles. The van der Waals surface area contributed by atoms with Gasteiger partial charge in [0.2, 0.25) is 0 Å². The zero-order valence-electron chi connectivity index (χ0n) is 12.7. The molecule has 0 atom stereocenters. The van der Waals surface area contributed by atoms with Crippen LogP contribution in [-0.4, -0.2) is 10.5 Å². The molecule has 0 fully saturated rings. The van der Waals surface area contributed by atoms with Gasteiger partial charge in [0.25, 0.3) is 5.91 Å². The van der Waals surface area contributed by atoms with E-state index in [1.54, 1.807) is 0 Å². The molecule has 112 valence electrons. The Morgan fingerprint density at radius 2 is 2.05 bits per heavy atom. The third kappa shape index (κ3) is 3.76. The lowest BCUT2D eigenvalue weighted by atomic mass is 10.0. The van der Waals surface area contributed by atoms with Gasteiger partial charge in [-0.05, 0) is 46.0 Å². The molecule has 0 saturated heterocycles. The van der Waals surface area contributed by atoms with Gasteiger partial charge in [-0.15, -0.1) is 0 Å². The van der Waals surface area contributed by atoms with E-state index in [1.807, 2.05) is 35.0 Å². The van der Waals surface area contributed by atoms with E-state index >= 15 is 0 Å². The van der Waals surface area contributed by atoms with E-state index in [1.165, 1.54) is 0 Å². The van der Waals surface area contributed by atoms with Crippen LogP contribution in [0.2, 0.25) is 0 Å². The van der Waals surface area contributed by atoms with E-state index in [0.717, 1.165) is 28.7 Å². The molecule has 4 heteroatoms. The molecule has 1 N–H and O–H groups in total. The molecule has 0 spiro atoms. The van der Waals surface area contributed by atoms with Crippen molar-refractivity contribution in [1.82, 2.24) is 4.57 Å². The van der Waals surface area contributed by atoms with Crippen molar-refractivity contribution in [3.8, 4) is 0 Å². The highest BCUT2D eigenvalue weighted by Crippen LogP contribution is 2.25. The molecule has 1 aromatic heterocycles. The van der Waals surface area contributed by atoms with E-state index < -0.39 is 0 Å². The van der Waals surface area contributed by atoms with Crippen molar-refractivity contribution in [1.29, 1.82) is 0 Å². The first-order valence-corrected chi connectivity index (χ1v) is 8.08. The molecule has 1 amide bonds. The number of aryl methyl sites for hydroxylation is 1. The number of amides is 1. The topological polar surface area (TPSA) is 34.0 Å². The average Bonchev–Trinajstić information content (AvgIpc) is 2.80. The second-order valence-electron chi connectivity index (χ2n) is 5.43. The Morgan fingerprint density at radius 3 is 2.71 bits per heavy atom. The fourth-order valence-electron chi connectivity index (χ4n) is 2.39. The minimum Gasteiger partial charge on any atom is -0.342 e. The number of carbonyl (C=O) groups is 1. The predicted molar refractivity (Wildman–Crippen MR) is 90.9 cm³/mol. The van der Waals surface area contributed by atoms with Gasteiger partial charge in [0.05, 0.1) is 0 Å². The van der Waals surface area contributed by atoms with E-state index in [2.05, 4.69) is 48.1 Å². The molecule has 1 heterocycles. The minimum absolute atomic E-state index is 0.0674. The van der Waals surface area contributed by atoms with Crippen LogP contribution in [0, 0.1) is 0 Å². The lowest BCUT2D eigenvalue weighted by Gasteiger charge is -2.14. The number of benzene rings is 1. The van der Waals surface area contributed by atoms with Gasteiger partial charge >= 0.3 is 0 Å². The highest BCUT2D eigenvalue weighted by molar-refractivity contribution is 9.10. The van der Waals surface area contributed by atoms with Crippen molar-refractivity contribution in [3.63, 3.8) is 0 Å². The van der Waals surface area contributed by atoms with Crippen molar-refractivity contribution >= 4 is 27.5 Å².